The van der Waals surface area contributed by atoms with E-state index in [1.54, 1.807) is 6.92 Å². The molecule has 0 aliphatic rings. The van der Waals surface area contributed by atoms with Gasteiger partial charge in [0.15, 0.2) is 6.04 Å². The molecule has 0 aliphatic carbocycles. The van der Waals surface area contributed by atoms with Crippen molar-refractivity contribution in [3.8, 4) is 0 Å². The Morgan fingerprint density at radius 1 is 1.19 bits per heavy atom. The van der Waals surface area contributed by atoms with Gasteiger partial charge in [0.25, 0.3) is 5.91 Å². The molecule has 21 heavy (non-hydrogen) atoms. The summed E-state index contributed by atoms with van der Waals surface area (Å²) in [5.41, 5.74) is 4.58. The summed E-state index contributed by atoms with van der Waals surface area (Å²) in [5, 5.41) is 2.71. The number of nitrogens with one attached hydrogen (secondary N) is 1. The maximum atomic E-state index is 12.2. The Morgan fingerprint density at radius 2 is 1.81 bits per heavy atom. The van der Waals surface area contributed by atoms with E-state index in [9.17, 15) is 9.59 Å². The molecule has 0 saturated carbocycles. The number of esters is 1. The van der Waals surface area contributed by atoms with Gasteiger partial charge in [-0.2, -0.15) is 0 Å². The molecule has 0 radical (unpaired) electrons. The molecule has 0 fully saturated rings. The highest BCUT2D eigenvalue weighted by molar-refractivity contribution is 5.86. The third kappa shape index (κ3) is 6.40. The van der Waals surface area contributed by atoms with Gasteiger partial charge in [-0.3, -0.25) is 4.79 Å². The molecular formula is C16H25N2O3+. The fourth-order valence-corrected chi connectivity index (χ4v) is 1.83. The van der Waals surface area contributed by atoms with Gasteiger partial charge in [-0.1, -0.05) is 44.2 Å². The molecule has 0 unspecified atom stereocenters. The second kappa shape index (κ2) is 8.42. The zero-order valence-electron chi connectivity index (χ0n) is 13.0. The molecule has 1 rings (SSSR count). The van der Waals surface area contributed by atoms with E-state index >= 15 is 0 Å². The summed E-state index contributed by atoms with van der Waals surface area (Å²) in [6.45, 7) is 5.90. The standard InChI is InChI=1S/C16H24N2O3/c1-11(2)9-14(18-15(19)12(3)17)16(20)21-10-13-7-5-4-6-8-13/h4-8,11-12,14H,9-10,17H2,1-3H3,(H,18,19)/p+1/t12-,14+/m1/s1. The van der Waals surface area contributed by atoms with Crippen LogP contribution in [0, 0.1) is 5.92 Å². The Bertz CT molecular complexity index is 458. The van der Waals surface area contributed by atoms with E-state index in [2.05, 4.69) is 11.1 Å². The van der Waals surface area contributed by atoms with Gasteiger partial charge in [-0.25, -0.2) is 4.79 Å². The Kier molecular flexibility index (Phi) is 6.88. The van der Waals surface area contributed by atoms with Crippen LogP contribution in [0.3, 0.4) is 0 Å². The van der Waals surface area contributed by atoms with Crippen LogP contribution < -0.4 is 11.1 Å². The normalized spacial score (nSPS) is 13.6. The minimum atomic E-state index is -0.620. The highest BCUT2D eigenvalue weighted by Crippen LogP contribution is 2.09. The first kappa shape index (κ1) is 17.2. The van der Waals surface area contributed by atoms with E-state index in [0.29, 0.717) is 6.42 Å². The summed E-state index contributed by atoms with van der Waals surface area (Å²) < 4.78 is 5.30. The summed E-state index contributed by atoms with van der Waals surface area (Å²) >= 11 is 0. The minimum absolute atomic E-state index is 0.212. The molecule has 1 aromatic carbocycles. The van der Waals surface area contributed by atoms with E-state index in [4.69, 9.17) is 4.74 Å². The van der Waals surface area contributed by atoms with Crippen molar-refractivity contribution in [2.45, 2.75) is 45.9 Å². The SMILES string of the molecule is CC(C)C[C@H](NC(=O)[C@@H](C)[NH3+])C(=O)OCc1ccccc1. The van der Waals surface area contributed by atoms with Crippen LogP contribution in [0.15, 0.2) is 30.3 Å². The molecule has 1 aromatic rings. The quantitative estimate of drug-likeness (QED) is 0.732. The van der Waals surface area contributed by atoms with Gasteiger partial charge in [-0.05, 0) is 24.8 Å². The monoisotopic (exact) mass is 293 g/mol. The van der Waals surface area contributed by atoms with Crippen LogP contribution in [0.4, 0.5) is 0 Å². The lowest BCUT2D eigenvalue weighted by Crippen LogP contribution is -2.67. The summed E-state index contributed by atoms with van der Waals surface area (Å²) in [5.74, 6) is -0.362. The number of carbonyl (C=O) groups excluding carboxylic acids is 2. The number of amides is 1. The maximum absolute atomic E-state index is 12.2. The largest absolute Gasteiger partial charge is 0.459 e. The number of hydrogen-bond acceptors (Lipinski definition) is 3. The Balaban J connectivity index is 2.60. The molecule has 5 nitrogen and oxygen atoms in total. The number of carbonyl (C=O) groups is 2. The van der Waals surface area contributed by atoms with E-state index in [-0.39, 0.29) is 18.4 Å². The number of benzene rings is 1. The minimum Gasteiger partial charge on any atom is -0.459 e. The van der Waals surface area contributed by atoms with Gasteiger partial charge in [0.2, 0.25) is 0 Å². The summed E-state index contributed by atoms with van der Waals surface area (Å²) in [4.78, 5) is 23.9. The van der Waals surface area contributed by atoms with E-state index < -0.39 is 18.1 Å². The number of hydrogen-bond donors (Lipinski definition) is 2. The van der Waals surface area contributed by atoms with Crippen LogP contribution in [0.1, 0.15) is 32.8 Å². The molecule has 0 spiro atoms. The van der Waals surface area contributed by atoms with Crippen molar-refractivity contribution < 1.29 is 20.1 Å². The number of quaternary nitrogens is 1. The molecule has 2 atom stereocenters. The van der Waals surface area contributed by atoms with Gasteiger partial charge in [0, 0.05) is 0 Å². The van der Waals surface area contributed by atoms with Crippen molar-refractivity contribution in [3.05, 3.63) is 35.9 Å². The second-order valence-electron chi connectivity index (χ2n) is 5.69. The summed E-state index contributed by atoms with van der Waals surface area (Å²) in [6, 6.07) is 8.44. The van der Waals surface area contributed by atoms with Gasteiger partial charge < -0.3 is 15.8 Å². The third-order valence-corrected chi connectivity index (χ3v) is 2.98. The fraction of sp³-hybridized carbons (Fsp3) is 0.500. The smallest absolute Gasteiger partial charge is 0.328 e. The van der Waals surface area contributed by atoms with Crippen LogP contribution in [0.2, 0.25) is 0 Å². The molecule has 0 aromatic heterocycles. The van der Waals surface area contributed by atoms with Crippen molar-refractivity contribution in [2.24, 2.45) is 5.92 Å². The Morgan fingerprint density at radius 3 is 2.33 bits per heavy atom. The lowest BCUT2D eigenvalue weighted by Gasteiger charge is -2.19. The summed E-state index contributed by atoms with van der Waals surface area (Å²) in [6.07, 6.45) is 0.548. The van der Waals surface area contributed by atoms with Crippen LogP contribution in [0.5, 0.6) is 0 Å². The highest BCUT2D eigenvalue weighted by atomic mass is 16.5. The van der Waals surface area contributed by atoms with Crippen molar-refractivity contribution in [3.63, 3.8) is 0 Å². The average Bonchev–Trinajstić information content (AvgIpc) is 2.44. The van der Waals surface area contributed by atoms with Crippen LogP contribution in [-0.2, 0) is 20.9 Å². The molecule has 5 heteroatoms. The average molecular weight is 293 g/mol. The van der Waals surface area contributed by atoms with E-state index in [0.717, 1.165) is 5.56 Å². The van der Waals surface area contributed by atoms with Crippen LogP contribution in [-0.4, -0.2) is 24.0 Å². The van der Waals surface area contributed by atoms with E-state index in [1.165, 1.54) is 0 Å². The van der Waals surface area contributed by atoms with Crippen molar-refractivity contribution in [1.29, 1.82) is 0 Å². The zero-order valence-corrected chi connectivity index (χ0v) is 13.0. The first-order chi connectivity index (χ1) is 9.90. The molecule has 116 valence electrons. The Labute approximate surface area is 125 Å². The van der Waals surface area contributed by atoms with Gasteiger partial charge in [0.05, 0.1) is 0 Å². The first-order valence-corrected chi connectivity index (χ1v) is 7.24. The lowest BCUT2D eigenvalue weighted by molar-refractivity contribution is -0.398. The van der Waals surface area contributed by atoms with E-state index in [1.807, 2.05) is 44.2 Å². The zero-order chi connectivity index (χ0) is 15.8. The van der Waals surface area contributed by atoms with Crippen LogP contribution >= 0.6 is 0 Å². The second-order valence-corrected chi connectivity index (χ2v) is 5.69. The predicted octanol–water partition coefficient (Wildman–Crippen LogP) is 0.891. The maximum Gasteiger partial charge on any atom is 0.328 e. The molecule has 0 bridgehead atoms. The lowest BCUT2D eigenvalue weighted by atomic mass is 10.0. The van der Waals surface area contributed by atoms with Crippen molar-refractivity contribution in [2.75, 3.05) is 0 Å². The third-order valence-electron chi connectivity index (χ3n) is 2.98. The predicted molar refractivity (Wildman–Crippen MR) is 80.0 cm³/mol. The molecule has 1 amide bonds. The molecule has 4 N–H and O–H groups in total. The first-order valence-electron chi connectivity index (χ1n) is 7.24. The van der Waals surface area contributed by atoms with Crippen LogP contribution in [0.25, 0.3) is 0 Å². The van der Waals surface area contributed by atoms with Gasteiger partial charge in [0.1, 0.15) is 12.6 Å². The highest BCUT2D eigenvalue weighted by Gasteiger charge is 2.25. The molecule has 0 heterocycles. The van der Waals surface area contributed by atoms with Crippen molar-refractivity contribution >= 4 is 11.9 Å². The number of ether oxygens (including phenoxy) is 1. The molecular weight excluding hydrogens is 268 g/mol. The molecule has 0 saturated heterocycles. The van der Waals surface area contributed by atoms with Gasteiger partial charge in [-0.15, -0.1) is 0 Å². The molecule has 0 aliphatic heterocycles. The Hall–Kier alpha value is -1.88. The summed E-state index contributed by atoms with van der Waals surface area (Å²) in [7, 11) is 0. The van der Waals surface area contributed by atoms with Crippen molar-refractivity contribution in [1.82, 2.24) is 5.32 Å². The number of rotatable bonds is 7. The van der Waals surface area contributed by atoms with Gasteiger partial charge >= 0.3 is 5.97 Å². The topological polar surface area (TPSA) is 83.0 Å². The fourth-order valence-electron chi connectivity index (χ4n) is 1.83.